The van der Waals surface area contributed by atoms with Gasteiger partial charge in [0.05, 0.1) is 0 Å². The molecule has 0 bridgehead atoms. The van der Waals surface area contributed by atoms with Crippen LogP contribution in [0.1, 0.15) is 0 Å². The van der Waals surface area contributed by atoms with Crippen LogP contribution >= 0.6 is 0 Å². The molecule has 0 aromatic rings. The summed E-state index contributed by atoms with van der Waals surface area (Å²) in [5.41, 5.74) is -16.9. The molecule has 0 aromatic carbocycles. The summed E-state index contributed by atoms with van der Waals surface area (Å²) in [6.07, 6.45) is 0. The van der Waals surface area contributed by atoms with Gasteiger partial charge in [-0.15, -0.1) is 0 Å². The Bertz CT molecular complexity index is 605. The molecule has 0 aliphatic heterocycles. The molecule has 200 valence electrons. The maximum atomic E-state index is 10.7. The predicted molar refractivity (Wildman–Crippen MR) is 50.9 cm³/mol. The Kier molecular flexibility index (Phi) is 29.9. The van der Waals surface area contributed by atoms with E-state index in [1.165, 1.54) is 0 Å². The minimum Gasteiger partial charge on any atom is -0.741 e. The number of alkyl halides is 9. The second kappa shape index (κ2) is 17.1. The first-order chi connectivity index (χ1) is 9.75. The molecule has 10 nitrogen and oxygen atoms in total. The Hall–Kier alpha value is 3.62. The molecule has 0 heterocycles. The van der Waals surface area contributed by atoms with Crippen molar-refractivity contribution in [2.24, 2.45) is 0 Å². The minimum absolute atomic E-state index is 0. The summed E-state index contributed by atoms with van der Waals surface area (Å²) in [5.74, 6) is 0. The average molecular weight is 984 g/mol. The van der Waals surface area contributed by atoms with E-state index in [4.69, 9.17) is 38.9 Å². The second-order valence-corrected chi connectivity index (χ2v) is 6.81. The van der Waals surface area contributed by atoms with Gasteiger partial charge in [-0.05, 0) is 0 Å². The van der Waals surface area contributed by atoms with Crippen molar-refractivity contribution in [3.05, 3.63) is 0 Å². The third-order valence-electron chi connectivity index (χ3n) is 0.850. The molecule has 0 spiro atoms. The fourth-order valence-corrected chi connectivity index (χ4v) is 0. The van der Waals surface area contributed by atoms with E-state index >= 15 is 0 Å². The quantitative estimate of drug-likeness (QED) is 0.172. The van der Waals surface area contributed by atoms with Crippen LogP contribution in [-0.4, -0.2) is 60.9 Å². The smallest absolute Gasteiger partial charge is 0.485 e. The Morgan fingerprint density at radius 2 is 0.464 bits per heavy atom. The van der Waals surface area contributed by atoms with E-state index in [1.54, 1.807) is 0 Å². The molecule has 0 radical (unpaired) electrons. The van der Waals surface area contributed by atoms with Crippen LogP contribution in [-0.2, 0) is 30.4 Å². The zero-order chi connectivity index (χ0) is 21.0. The molecule has 0 aliphatic carbocycles. The first-order valence-corrected chi connectivity index (χ1v) is 8.04. The molecule has 0 fully saturated rings. The summed E-state index contributed by atoms with van der Waals surface area (Å²) in [4.78, 5) is 0. The third kappa shape index (κ3) is 25.9. The predicted octanol–water partition coefficient (Wildman–Crippen LogP) is -0.670. The molecule has 0 amide bonds. The molecule has 28 heavy (non-hydrogen) atoms. The fraction of sp³-hybridized carbons (Fsp3) is 1.00. The maximum Gasteiger partial charge on any atom is 0.485 e. The van der Waals surface area contributed by atoms with Crippen molar-refractivity contribution in [1.82, 2.24) is 0 Å². The van der Waals surface area contributed by atoms with E-state index in [-0.39, 0.29) is 146 Å². The molecule has 0 rings (SSSR count). The van der Waals surface area contributed by atoms with Gasteiger partial charge in [-0.2, -0.15) is 39.5 Å². The molecular weight excluding hydrogens is 982 g/mol. The third-order valence-corrected chi connectivity index (χ3v) is 2.55. The largest absolute Gasteiger partial charge is 0.741 e. The first kappa shape index (κ1) is 48.9. The van der Waals surface area contributed by atoms with Crippen molar-refractivity contribution in [3.8, 4) is 0 Å². The van der Waals surface area contributed by atoms with E-state index in [2.05, 4.69) is 0 Å². The number of hydrogen-bond acceptors (Lipinski definition) is 9. The number of rotatable bonds is 0. The van der Waals surface area contributed by atoms with Crippen LogP contribution in [0.25, 0.3) is 0 Å². The number of halogens is 9. The summed E-state index contributed by atoms with van der Waals surface area (Å²) >= 11 is 0. The Morgan fingerprint density at radius 1 is 0.429 bits per heavy atom. The van der Waals surface area contributed by atoms with Gasteiger partial charge in [-0.1, -0.05) is 0 Å². The van der Waals surface area contributed by atoms with Crippen molar-refractivity contribution in [1.29, 1.82) is 0 Å². The zero-order valence-corrected chi connectivity index (χ0v) is 18.7. The summed E-state index contributed by atoms with van der Waals surface area (Å²) in [6.45, 7) is 0. The monoisotopic (exact) mass is 987 g/mol. The minimum atomic E-state index is -6.09. The summed E-state index contributed by atoms with van der Waals surface area (Å²) in [5, 5.41) is 0. The topological polar surface area (TPSA) is 203 Å². The van der Waals surface area contributed by atoms with Gasteiger partial charge >= 0.3 is 16.5 Å². The van der Waals surface area contributed by atoms with Crippen LogP contribution in [0, 0.1) is 141 Å². The molecule has 0 saturated heterocycles. The number of hydrogen-bond donors (Lipinski definition) is 0. The van der Waals surface area contributed by atoms with Gasteiger partial charge in [0.15, 0.2) is 30.4 Å². The molecule has 25 heteroatoms. The zero-order valence-electron chi connectivity index (χ0n) is 11.1. The SMILES string of the molecule is O.O=S(=O)([O-])C(F)(F)F.O=S(=O)([O-])C(F)(F)F.O=S(=O)([O-])C(F)(F)F.[Yb].[Yb].[Yb]. The average Bonchev–Trinajstić information content (AvgIpc) is 2.08. The maximum absolute atomic E-state index is 10.7. The van der Waals surface area contributed by atoms with Gasteiger partial charge < -0.3 is 19.1 Å². The molecule has 0 saturated carbocycles. The molecule has 0 atom stereocenters. The molecule has 0 aliphatic rings. The normalized spacial score (nSPS) is 12.0. The second-order valence-electron chi connectivity index (χ2n) is 2.70. The van der Waals surface area contributed by atoms with Gasteiger partial charge in [-0.25, -0.2) is 25.3 Å². The van der Waals surface area contributed by atoms with Gasteiger partial charge in [0.1, 0.15) is 0 Å². The summed E-state index contributed by atoms with van der Waals surface area (Å²) in [7, 11) is -18.3. The molecule has 2 N–H and O–H groups in total. The van der Waals surface area contributed by atoms with Gasteiger partial charge in [0.2, 0.25) is 0 Å². The Labute approximate surface area is 266 Å². The Morgan fingerprint density at radius 3 is 0.464 bits per heavy atom. The molecule has 0 unspecified atom stereocenters. The van der Waals surface area contributed by atoms with Crippen molar-refractivity contribution in [3.63, 3.8) is 0 Å². The van der Waals surface area contributed by atoms with Crippen molar-refractivity contribution < 1.29 is 225 Å². The van der Waals surface area contributed by atoms with Crippen LogP contribution in [0.15, 0.2) is 0 Å². The van der Waals surface area contributed by atoms with Crippen molar-refractivity contribution >= 4 is 30.4 Å². The van der Waals surface area contributed by atoms with Crippen LogP contribution in [0.3, 0.4) is 0 Å². The van der Waals surface area contributed by atoms with E-state index in [0.717, 1.165) is 0 Å². The van der Waals surface area contributed by atoms with Crippen molar-refractivity contribution in [2.75, 3.05) is 0 Å². The van der Waals surface area contributed by atoms with E-state index in [1.807, 2.05) is 0 Å². The van der Waals surface area contributed by atoms with Gasteiger partial charge in [0, 0.05) is 141 Å². The van der Waals surface area contributed by atoms with Gasteiger partial charge in [0.25, 0.3) is 0 Å². The van der Waals surface area contributed by atoms with Crippen LogP contribution in [0.4, 0.5) is 39.5 Å². The Balaban J connectivity index is -0.0000000441. The molecule has 0 aromatic heterocycles. The van der Waals surface area contributed by atoms with Gasteiger partial charge in [-0.3, -0.25) is 0 Å². The van der Waals surface area contributed by atoms with E-state index in [9.17, 15) is 39.5 Å². The first-order valence-electron chi connectivity index (χ1n) is 3.81. The van der Waals surface area contributed by atoms with Crippen molar-refractivity contribution in [2.45, 2.75) is 16.5 Å². The van der Waals surface area contributed by atoms with Crippen LogP contribution < -0.4 is 0 Å². The standard InChI is InChI=1S/3CHF3O3S.H2O.3Yb/c3*2-1(3,4)8(5,6)7;;;;/h3*(H,5,6,7);1H2;;;/p-3. The molecular formula is C3H2F9O10S3Yb3-3. The van der Waals surface area contributed by atoms with Crippen LogP contribution in [0.2, 0.25) is 0 Å². The summed E-state index contributed by atoms with van der Waals surface area (Å²) < 4.78 is 177. The van der Waals surface area contributed by atoms with E-state index < -0.39 is 46.9 Å². The van der Waals surface area contributed by atoms with Crippen LogP contribution in [0.5, 0.6) is 0 Å². The summed E-state index contributed by atoms with van der Waals surface area (Å²) in [6, 6.07) is 0. The fourth-order valence-electron chi connectivity index (χ4n) is 0. The van der Waals surface area contributed by atoms with E-state index in [0.29, 0.717) is 0 Å².